The Hall–Kier alpha value is -1.72. The van der Waals surface area contributed by atoms with Crippen LogP contribution in [0.5, 0.6) is 0 Å². The van der Waals surface area contributed by atoms with E-state index in [4.69, 9.17) is 10.5 Å². The molecule has 0 bridgehead atoms. The molecular weight excluding hydrogens is 300 g/mol. The highest BCUT2D eigenvalue weighted by Gasteiger charge is 2.25. The Morgan fingerprint density at radius 1 is 1.42 bits per heavy atom. The topological polar surface area (TPSA) is 63.8 Å². The monoisotopic (exact) mass is 331 g/mol. The lowest BCUT2D eigenvalue weighted by Gasteiger charge is -2.28. The first kappa shape index (κ1) is 17.1. The quantitative estimate of drug-likeness (QED) is 0.589. The Balaban J connectivity index is 1.46. The molecule has 2 heterocycles. The number of ether oxygens (including phenoxy) is 1. The van der Waals surface area contributed by atoms with Crippen LogP contribution < -0.4 is 21.5 Å². The summed E-state index contributed by atoms with van der Waals surface area (Å²) < 4.78 is 5.92. The maximum Gasteiger partial charge on any atom is 0.155 e. The predicted molar refractivity (Wildman–Crippen MR) is 96.5 cm³/mol. The number of nitrogens with one attached hydrogen (secondary N) is 3. The molecular formula is C19H31N4O+. The fourth-order valence-electron chi connectivity index (χ4n) is 3.41. The van der Waals surface area contributed by atoms with Crippen molar-refractivity contribution in [3.05, 3.63) is 47.2 Å². The fourth-order valence-corrected chi connectivity index (χ4v) is 3.41. The van der Waals surface area contributed by atoms with Crippen molar-refractivity contribution >= 4 is 0 Å². The number of hydrogen-bond donors (Lipinski definition) is 4. The maximum atomic E-state index is 6.27. The van der Waals surface area contributed by atoms with Gasteiger partial charge in [0, 0.05) is 29.8 Å². The molecule has 3 atom stereocenters. The van der Waals surface area contributed by atoms with Crippen LogP contribution in [0.2, 0.25) is 0 Å². The highest BCUT2D eigenvalue weighted by molar-refractivity contribution is 5.17. The van der Waals surface area contributed by atoms with Crippen LogP contribution in [0.4, 0.5) is 0 Å². The second-order valence-electron chi connectivity index (χ2n) is 7.07. The number of hydrogen-bond acceptors (Lipinski definition) is 4. The second-order valence-corrected chi connectivity index (χ2v) is 7.07. The lowest BCUT2D eigenvalue weighted by Crippen LogP contribution is -3.19. The van der Waals surface area contributed by atoms with Gasteiger partial charge in [0.05, 0.1) is 5.76 Å². The Morgan fingerprint density at radius 2 is 2.25 bits per heavy atom. The summed E-state index contributed by atoms with van der Waals surface area (Å²) in [5.41, 5.74) is 13.3. The largest absolute Gasteiger partial charge is 0.491 e. The molecule has 5 nitrogen and oxygen atoms in total. The standard InChI is InChI=1S/C19H30N4O/c1-3-16-8-9-18(20)15(10-21-16)11-23-12-17(22-23)13-24-19-7-5-4-6-14(19)2/h4-5,7,12,14,16,21-22H,3,6,8-11,13,20H2,1-2H3/p+1. The average molecular weight is 331 g/mol. The highest BCUT2D eigenvalue weighted by atomic mass is 16.5. The van der Waals surface area contributed by atoms with Crippen LogP contribution in [0.1, 0.15) is 39.5 Å². The molecule has 0 aromatic rings. The van der Waals surface area contributed by atoms with Crippen molar-refractivity contribution in [2.24, 2.45) is 11.7 Å². The van der Waals surface area contributed by atoms with Crippen LogP contribution in [0.15, 0.2) is 47.2 Å². The molecule has 3 unspecified atom stereocenters. The molecule has 5 heteroatoms. The molecule has 3 aliphatic rings. The Kier molecular flexibility index (Phi) is 5.63. The SMILES string of the molecule is CCC1CCC(N)=C(C[NH+]2C=C(COC3=CC=CCC3C)N2)CN1. The molecule has 5 N–H and O–H groups in total. The first-order valence-corrected chi connectivity index (χ1v) is 9.18. The Bertz CT molecular complexity index is 576. The fraction of sp³-hybridized carbons (Fsp3) is 0.579. The molecule has 0 radical (unpaired) electrons. The molecule has 0 fully saturated rings. The molecule has 0 aromatic carbocycles. The summed E-state index contributed by atoms with van der Waals surface area (Å²) in [6, 6.07) is 0.597. The molecule has 24 heavy (non-hydrogen) atoms. The van der Waals surface area contributed by atoms with Crippen LogP contribution in [0, 0.1) is 5.92 Å². The van der Waals surface area contributed by atoms with E-state index in [2.05, 4.69) is 49.0 Å². The smallest absolute Gasteiger partial charge is 0.155 e. The van der Waals surface area contributed by atoms with E-state index in [0.717, 1.165) is 49.5 Å². The number of nitrogens with two attached hydrogens (primary N) is 1. The van der Waals surface area contributed by atoms with Gasteiger partial charge in [-0.1, -0.05) is 26.0 Å². The summed E-state index contributed by atoms with van der Waals surface area (Å²) in [7, 11) is 0. The van der Waals surface area contributed by atoms with Gasteiger partial charge in [0.25, 0.3) is 0 Å². The molecule has 0 amide bonds. The van der Waals surface area contributed by atoms with Gasteiger partial charge >= 0.3 is 0 Å². The lowest BCUT2D eigenvalue weighted by molar-refractivity contribution is -0.908. The minimum absolute atomic E-state index is 0.479. The van der Waals surface area contributed by atoms with E-state index >= 15 is 0 Å². The van der Waals surface area contributed by atoms with Crippen molar-refractivity contribution in [3.8, 4) is 0 Å². The van der Waals surface area contributed by atoms with Crippen LogP contribution in [0.3, 0.4) is 0 Å². The Labute approximate surface area is 145 Å². The summed E-state index contributed by atoms with van der Waals surface area (Å²) in [6.07, 6.45) is 12.9. The highest BCUT2D eigenvalue weighted by Crippen LogP contribution is 2.21. The van der Waals surface area contributed by atoms with Crippen molar-refractivity contribution in [2.75, 3.05) is 19.7 Å². The second kappa shape index (κ2) is 7.90. The van der Waals surface area contributed by atoms with Gasteiger partial charge in [-0.25, -0.2) is 10.4 Å². The zero-order chi connectivity index (χ0) is 16.9. The van der Waals surface area contributed by atoms with Crippen molar-refractivity contribution < 1.29 is 9.75 Å². The minimum atomic E-state index is 0.479. The molecule has 132 valence electrons. The van der Waals surface area contributed by atoms with Crippen LogP contribution in [0.25, 0.3) is 0 Å². The van der Waals surface area contributed by atoms with E-state index in [9.17, 15) is 0 Å². The first-order valence-electron chi connectivity index (χ1n) is 9.18. The summed E-state index contributed by atoms with van der Waals surface area (Å²) >= 11 is 0. The molecule has 0 saturated carbocycles. The molecule has 3 rings (SSSR count). The van der Waals surface area contributed by atoms with E-state index in [1.807, 2.05) is 0 Å². The number of rotatable bonds is 6. The van der Waals surface area contributed by atoms with Gasteiger partial charge in [-0.2, -0.15) is 0 Å². The lowest BCUT2D eigenvalue weighted by atomic mass is 10.0. The van der Waals surface area contributed by atoms with Gasteiger partial charge in [0.15, 0.2) is 5.70 Å². The number of quaternary nitrogens is 1. The van der Waals surface area contributed by atoms with E-state index in [1.165, 1.54) is 17.0 Å². The van der Waals surface area contributed by atoms with Gasteiger partial charge in [-0.3, -0.25) is 0 Å². The molecule has 0 spiro atoms. The maximum absolute atomic E-state index is 6.27. The summed E-state index contributed by atoms with van der Waals surface area (Å²) in [5.74, 6) is 1.56. The van der Waals surface area contributed by atoms with E-state index in [1.54, 1.807) is 0 Å². The predicted octanol–water partition coefficient (Wildman–Crippen LogP) is 1.10. The van der Waals surface area contributed by atoms with Gasteiger partial charge in [0.2, 0.25) is 0 Å². The van der Waals surface area contributed by atoms with E-state index in [0.29, 0.717) is 18.6 Å². The normalized spacial score (nSPS) is 30.0. The van der Waals surface area contributed by atoms with Crippen molar-refractivity contribution in [1.82, 2.24) is 10.7 Å². The third-order valence-electron chi connectivity index (χ3n) is 5.15. The van der Waals surface area contributed by atoms with Crippen molar-refractivity contribution in [2.45, 2.75) is 45.6 Å². The van der Waals surface area contributed by atoms with E-state index in [-0.39, 0.29) is 0 Å². The van der Waals surface area contributed by atoms with Crippen molar-refractivity contribution in [1.29, 1.82) is 0 Å². The third-order valence-corrected chi connectivity index (χ3v) is 5.15. The van der Waals surface area contributed by atoms with Gasteiger partial charge in [0.1, 0.15) is 19.4 Å². The summed E-state index contributed by atoms with van der Waals surface area (Å²) in [6.45, 7) is 6.88. The molecule has 0 aromatic heterocycles. The van der Waals surface area contributed by atoms with Gasteiger partial charge < -0.3 is 15.8 Å². The van der Waals surface area contributed by atoms with Crippen LogP contribution in [-0.2, 0) is 4.74 Å². The van der Waals surface area contributed by atoms with Crippen LogP contribution >= 0.6 is 0 Å². The molecule has 0 saturated heterocycles. The van der Waals surface area contributed by atoms with E-state index < -0.39 is 0 Å². The number of allylic oxidation sites excluding steroid dienone is 5. The third kappa shape index (κ3) is 4.22. The first-order chi connectivity index (χ1) is 11.7. The zero-order valence-electron chi connectivity index (χ0n) is 14.9. The molecule has 1 aliphatic carbocycles. The average Bonchev–Trinajstić information content (AvgIpc) is 2.73. The van der Waals surface area contributed by atoms with Gasteiger partial charge in [-0.15, -0.1) is 0 Å². The minimum Gasteiger partial charge on any atom is -0.491 e. The summed E-state index contributed by atoms with van der Waals surface area (Å²) in [4.78, 5) is 0. The Morgan fingerprint density at radius 3 is 3.00 bits per heavy atom. The summed E-state index contributed by atoms with van der Waals surface area (Å²) in [5, 5.41) is 4.86. The van der Waals surface area contributed by atoms with Crippen molar-refractivity contribution in [3.63, 3.8) is 0 Å². The van der Waals surface area contributed by atoms with Crippen LogP contribution in [-0.4, -0.2) is 25.7 Å². The van der Waals surface area contributed by atoms with Gasteiger partial charge in [-0.05, 0) is 31.8 Å². The molecule has 2 aliphatic heterocycles. The zero-order valence-corrected chi connectivity index (χ0v) is 14.9.